The van der Waals surface area contributed by atoms with Crippen LogP contribution in [0.25, 0.3) is 11.3 Å². The summed E-state index contributed by atoms with van der Waals surface area (Å²) in [5.74, 6) is -0.599. The van der Waals surface area contributed by atoms with Crippen molar-refractivity contribution in [1.82, 2.24) is 25.0 Å². The number of hydrogen-bond acceptors (Lipinski definition) is 9. The number of hydrogen-bond donors (Lipinski definition) is 2. The van der Waals surface area contributed by atoms with Gasteiger partial charge in [0, 0.05) is 55.1 Å². The van der Waals surface area contributed by atoms with Gasteiger partial charge in [0.05, 0.1) is 30.6 Å². The number of carbonyl (C=O) groups excluding carboxylic acids is 1. The third kappa shape index (κ3) is 6.18. The van der Waals surface area contributed by atoms with Crippen molar-refractivity contribution in [3.63, 3.8) is 0 Å². The number of carbonyl (C=O) groups is 1. The van der Waals surface area contributed by atoms with Gasteiger partial charge < -0.3 is 25.4 Å². The summed E-state index contributed by atoms with van der Waals surface area (Å²) >= 11 is 6.10. The topological polar surface area (TPSA) is 119 Å². The fourth-order valence-electron chi connectivity index (χ4n) is 4.43. The zero-order chi connectivity index (χ0) is 26.6. The van der Waals surface area contributed by atoms with Gasteiger partial charge in [0.2, 0.25) is 5.91 Å². The lowest BCUT2D eigenvalue weighted by Crippen LogP contribution is -2.46. The van der Waals surface area contributed by atoms with Crippen LogP contribution in [0.5, 0.6) is 5.88 Å². The Kier molecular flexibility index (Phi) is 7.98. The lowest BCUT2D eigenvalue weighted by atomic mass is 10.1. The molecule has 0 radical (unpaired) electrons. The highest BCUT2D eigenvalue weighted by Crippen LogP contribution is 2.33. The molecule has 3 aromatic rings. The maximum atomic E-state index is 14.6. The van der Waals surface area contributed by atoms with E-state index < -0.39 is 5.82 Å². The molecule has 5 rings (SSSR count). The summed E-state index contributed by atoms with van der Waals surface area (Å²) in [6.45, 7) is 4.29. The van der Waals surface area contributed by atoms with E-state index in [1.165, 1.54) is 18.2 Å². The van der Waals surface area contributed by atoms with Crippen molar-refractivity contribution in [3.05, 3.63) is 59.1 Å². The van der Waals surface area contributed by atoms with Crippen molar-refractivity contribution in [2.24, 2.45) is 5.73 Å². The van der Waals surface area contributed by atoms with Gasteiger partial charge in [-0.15, -0.1) is 10.2 Å². The van der Waals surface area contributed by atoms with Crippen molar-refractivity contribution in [1.29, 1.82) is 0 Å². The maximum Gasteiger partial charge on any atom is 0.257 e. The van der Waals surface area contributed by atoms with Gasteiger partial charge in [0.1, 0.15) is 17.6 Å². The average Bonchev–Trinajstić information content (AvgIpc) is 2.87. The SMILES string of the molecule is CN1CCN(C(CC(N)=O)c2cc(Nc3cc(-c4cc(Cl)ccc4F)nnc3OC3COC3)ccn2)CC1. The van der Waals surface area contributed by atoms with Crippen molar-refractivity contribution in [2.75, 3.05) is 51.8 Å². The van der Waals surface area contributed by atoms with Crippen LogP contribution in [0.3, 0.4) is 0 Å². The second-order valence-corrected chi connectivity index (χ2v) is 9.91. The van der Waals surface area contributed by atoms with Crippen LogP contribution in [0, 0.1) is 5.82 Å². The van der Waals surface area contributed by atoms with Crippen LogP contribution < -0.4 is 15.8 Å². The number of piperazine rings is 1. The summed E-state index contributed by atoms with van der Waals surface area (Å²) in [6.07, 6.45) is 1.68. The molecule has 2 saturated heterocycles. The number of primary amides is 1. The van der Waals surface area contributed by atoms with Crippen LogP contribution in [-0.2, 0) is 9.53 Å². The monoisotopic (exact) mass is 541 g/mol. The lowest BCUT2D eigenvalue weighted by molar-refractivity contribution is -0.119. The fourth-order valence-corrected chi connectivity index (χ4v) is 4.60. The summed E-state index contributed by atoms with van der Waals surface area (Å²) < 4.78 is 25.8. The van der Waals surface area contributed by atoms with E-state index in [1.54, 1.807) is 18.3 Å². The highest BCUT2D eigenvalue weighted by molar-refractivity contribution is 6.30. The molecule has 2 aliphatic heterocycles. The normalized spacial score (nSPS) is 17.6. The molecule has 10 nitrogen and oxygen atoms in total. The van der Waals surface area contributed by atoms with Crippen molar-refractivity contribution >= 4 is 28.9 Å². The Morgan fingerprint density at radius 3 is 2.71 bits per heavy atom. The van der Waals surface area contributed by atoms with E-state index >= 15 is 0 Å². The number of halogens is 2. The molecule has 1 aromatic carbocycles. The first-order valence-electron chi connectivity index (χ1n) is 12.4. The molecule has 200 valence electrons. The first kappa shape index (κ1) is 26.2. The van der Waals surface area contributed by atoms with E-state index in [0.29, 0.717) is 35.3 Å². The Bertz CT molecular complexity index is 1300. The van der Waals surface area contributed by atoms with Crippen LogP contribution in [0.1, 0.15) is 18.2 Å². The largest absolute Gasteiger partial charge is 0.467 e. The average molecular weight is 542 g/mol. The zero-order valence-corrected chi connectivity index (χ0v) is 21.7. The summed E-state index contributed by atoms with van der Waals surface area (Å²) in [7, 11) is 2.07. The number of benzene rings is 1. The number of rotatable bonds is 9. The number of ether oxygens (including phenoxy) is 2. The molecule has 1 amide bonds. The van der Waals surface area contributed by atoms with Gasteiger partial charge in [0.25, 0.3) is 5.88 Å². The van der Waals surface area contributed by atoms with Crippen LogP contribution in [0.15, 0.2) is 42.6 Å². The summed E-state index contributed by atoms with van der Waals surface area (Å²) in [5.41, 5.74) is 8.02. The van der Waals surface area contributed by atoms with E-state index in [9.17, 15) is 9.18 Å². The number of nitrogens with two attached hydrogens (primary N) is 1. The Morgan fingerprint density at radius 2 is 2.00 bits per heavy atom. The van der Waals surface area contributed by atoms with Gasteiger partial charge in [-0.1, -0.05) is 11.6 Å². The minimum absolute atomic E-state index is 0.149. The molecule has 1 atom stereocenters. The quantitative estimate of drug-likeness (QED) is 0.421. The smallest absolute Gasteiger partial charge is 0.257 e. The third-order valence-electron chi connectivity index (χ3n) is 6.62. The van der Waals surface area contributed by atoms with Crippen LogP contribution >= 0.6 is 11.6 Å². The molecule has 38 heavy (non-hydrogen) atoms. The molecule has 4 heterocycles. The van der Waals surface area contributed by atoms with Crippen LogP contribution in [0.2, 0.25) is 5.02 Å². The molecule has 3 N–H and O–H groups in total. The van der Waals surface area contributed by atoms with E-state index in [4.69, 9.17) is 26.8 Å². The molecule has 12 heteroatoms. The number of anilines is 2. The Labute approximate surface area is 224 Å². The van der Waals surface area contributed by atoms with Crippen LogP contribution in [-0.4, -0.2) is 83.4 Å². The second-order valence-electron chi connectivity index (χ2n) is 9.47. The minimum atomic E-state index is -0.469. The highest BCUT2D eigenvalue weighted by Gasteiger charge is 2.27. The Hall–Kier alpha value is -3.38. The van der Waals surface area contributed by atoms with Crippen molar-refractivity contribution < 1.29 is 18.7 Å². The molecule has 0 bridgehead atoms. The summed E-state index contributed by atoms with van der Waals surface area (Å²) in [4.78, 5) is 21.0. The van der Waals surface area contributed by atoms with Gasteiger partial charge in [-0.25, -0.2) is 4.39 Å². The highest BCUT2D eigenvalue weighted by atomic mass is 35.5. The van der Waals surface area contributed by atoms with Gasteiger partial charge in [-0.05, 0) is 43.4 Å². The predicted molar refractivity (Wildman–Crippen MR) is 141 cm³/mol. The molecule has 2 aromatic heterocycles. The number of nitrogens with one attached hydrogen (secondary N) is 1. The minimum Gasteiger partial charge on any atom is -0.467 e. The molecule has 0 aliphatic carbocycles. The number of amides is 1. The van der Waals surface area contributed by atoms with Gasteiger partial charge in [-0.3, -0.25) is 14.7 Å². The number of likely N-dealkylation sites (N-methyl/N-ethyl adjacent to an activating group) is 1. The number of pyridine rings is 1. The summed E-state index contributed by atoms with van der Waals surface area (Å²) in [6, 6.07) is 9.35. The van der Waals surface area contributed by atoms with E-state index in [0.717, 1.165) is 31.9 Å². The molecule has 2 aliphatic rings. The molecule has 2 fully saturated rings. The summed E-state index contributed by atoms with van der Waals surface area (Å²) in [5, 5.41) is 12.1. The van der Waals surface area contributed by atoms with E-state index in [2.05, 4.69) is 37.3 Å². The number of nitrogens with zero attached hydrogens (tertiary/aromatic N) is 5. The van der Waals surface area contributed by atoms with Crippen molar-refractivity contribution in [3.8, 4) is 17.1 Å². The maximum absolute atomic E-state index is 14.6. The first-order chi connectivity index (χ1) is 18.4. The Morgan fingerprint density at radius 1 is 1.21 bits per heavy atom. The molecular weight excluding hydrogens is 513 g/mol. The predicted octanol–water partition coefficient (Wildman–Crippen LogP) is 3.02. The molecule has 0 spiro atoms. The molecular formula is C26H29ClFN7O3. The standard InChI is InChI=1S/C26H29ClFN7O3/c1-34-6-8-35(9-7-34)24(13-25(29)36)22-11-17(4-5-30-22)31-23-12-21(19-10-16(27)2-3-20(19)28)32-33-26(23)38-18-14-37-15-18/h2-5,10-12,18,24H,6-9,13-15H2,1H3,(H2,29,36)(H,30,31,32). The zero-order valence-electron chi connectivity index (χ0n) is 20.9. The van der Waals surface area contributed by atoms with Crippen LogP contribution in [0.4, 0.5) is 15.8 Å². The van der Waals surface area contributed by atoms with E-state index in [1.807, 2.05) is 6.07 Å². The van der Waals surface area contributed by atoms with Crippen molar-refractivity contribution in [2.45, 2.75) is 18.6 Å². The second kappa shape index (κ2) is 11.6. The number of aromatic nitrogens is 3. The first-order valence-corrected chi connectivity index (χ1v) is 12.7. The van der Waals surface area contributed by atoms with E-state index in [-0.39, 0.29) is 35.9 Å². The third-order valence-corrected chi connectivity index (χ3v) is 6.86. The Balaban J connectivity index is 1.46. The fraction of sp³-hybridized carbons (Fsp3) is 0.385. The molecule has 0 saturated carbocycles. The molecule has 1 unspecified atom stereocenters. The van der Waals surface area contributed by atoms with Gasteiger partial charge in [-0.2, -0.15) is 0 Å². The van der Waals surface area contributed by atoms with Gasteiger partial charge in [0.15, 0.2) is 0 Å². The lowest BCUT2D eigenvalue weighted by Gasteiger charge is -2.37. The van der Waals surface area contributed by atoms with Gasteiger partial charge >= 0.3 is 0 Å².